The Morgan fingerprint density at radius 1 is 1.26 bits per heavy atom. The summed E-state index contributed by atoms with van der Waals surface area (Å²) in [5.41, 5.74) is 2.81. The van der Waals surface area contributed by atoms with Crippen molar-refractivity contribution in [3.8, 4) is 11.5 Å². The lowest BCUT2D eigenvalue weighted by Gasteiger charge is -2.24. The van der Waals surface area contributed by atoms with Gasteiger partial charge in [-0.05, 0) is 67.3 Å². The molecule has 180 valence electrons. The molecule has 3 aromatic rings. The third kappa shape index (κ3) is 4.70. The Labute approximate surface area is 206 Å². The van der Waals surface area contributed by atoms with Crippen LogP contribution in [-0.2, 0) is 16.0 Å². The molecule has 0 saturated carbocycles. The molecule has 1 N–H and O–H groups in total. The lowest BCUT2D eigenvalue weighted by molar-refractivity contribution is -0.139. The lowest BCUT2D eigenvalue weighted by atomic mass is 9.96. The van der Waals surface area contributed by atoms with E-state index < -0.39 is 12.0 Å². The Morgan fingerprint density at radius 3 is 2.66 bits per heavy atom. The number of aromatic hydroxyl groups is 1. The van der Waals surface area contributed by atoms with Gasteiger partial charge in [-0.25, -0.2) is 9.79 Å². The predicted octanol–water partition coefficient (Wildman–Crippen LogP) is 3.24. The van der Waals surface area contributed by atoms with Crippen LogP contribution >= 0.6 is 11.3 Å². The average Bonchev–Trinajstić information content (AvgIpc) is 3.15. The molecule has 0 bridgehead atoms. The summed E-state index contributed by atoms with van der Waals surface area (Å²) < 4.78 is 12.6. The molecule has 0 radical (unpaired) electrons. The Morgan fingerprint density at radius 2 is 2.00 bits per heavy atom. The van der Waals surface area contributed by atoms with Gasteiger partial charge >= 0.3 is 5.97 Å². The van der Waals surface area contributed by atoms with Crippen molar-refractivity contribution in [3.05, 3.63) is 103 Å². The molecule has 1 aliphatic heterocycles. The maximum absolute atomic E-state index is 13.7. The first-order chi connectivity index (χ1) is 16.9. The first-order valence-corrected chi connectivity index (χ1v) is 12.0. The van der Waals surface area contributed by atoms with Gasteiger partial charge in [0.2, 0.25) is 0 Å². The average molecular weight is 491 g/mol. The number of esters is 1. The normalized spacial score (nSPS) is 15.4. The topological polar surface area (TPSA) is 90.1 Å². The molecule has 1 aliphatic rings. The summed E-state index contributed by atoms with van der Waals surface area (Å²) in [5.74, 6) is 0.344. The van der Waals surface area contributed by atoms with Crippen LogP contribution in [-0.4, -0.2) is 29.4 Å². The molecule has 0 fully saturated rings. The minimum atomic E-state index is -0.686. The Bertz CT molecular complexity index is 1500. The van der Waals surface area contributed by atoms with E-state index in [2.05, 4.69) is 11.6 Å². The number of aromatic nitrogens is 1. The highest BCUT2D eigenvalue weighted by molar-refractivity contribution is 7.07. The number of thiazole rings is 1. The van der Waals surface area contributed by atoms with E-state index in [-0.39, 0.29) is 17.9 Å². The van der Waals surface area contributed by atoms with Crippen molar-refractivity contribution in [2.75, 3.05) is 13.7 Å². The number of rotatable bonds is 7. The SMILES string of the molecule is C=CCc1cc(/C=c2/sc3n(c2=O)[C@@H](c2ccc(OC)cc2)C(C(=O)OCC)=C(C)N=3)ccc1O. The smallest absolute Gasteiger partial charge is 0.338 e. The van der Waals surface area contributed by atoms with E-state index in [0.29, 0.717) is 32.8 Å². The van der Waals surface area contributed by atoms with E-state index in [0.717, 1.165) is 16.7 Å². The molecule has 8 heteroatoms. The van der Waals surface area contributed by atoms with Gasteiger partial charge in [-0.15, -0.1) is 6.58 Å². The first-order valence-electron chi connectivity index (χ1n) is 11.1. The van der Waals surface area contributed by atoms with Crippen molar-refractivity contribution in [3.63, 3.8) is 0 Å². The van der Waals surface area contributed by atoms with E-state index in [1.807, 2.05) is 18.2 Å². The minimum absolute atomic E-state index is 0.178. The van der Waals surface area contributed by atoms with Crippen molar-refractivity contribution >= 4 is 23.4 Å². The first kappa shape index (κ1) is 24.2. The van der Waals surface area contributed by atoms with Crippen LogP contribution in [0.2, 0.25) is 0 Å². The van der Waals surface area contributed by atoms with Crippen molar-refractivity contribution in [1.29, 1.82) is 0 Å². The van der Waals surface area contributed by atoms with Crippen LogP contribution in [0.5, 0.6) is 11.5 Å². The molecule has 2 heterocycles. The molecular weight excluding hydrogens is 464 g/mol. The fraction of sp³-hybridized carbons (Fsp3) is 0.222. The third-order valence-corrected chi connectivity index (χ3v) is 6.70. The maximum Gasteiger partial charge on any atom is 0.338 e. The van der Waals surface area contributed by atoms with Gasteiger partial charge in [-0.1, -0.05) is 35.6 Å². The zero-order valence-corrected chi connectivity index (χ0v) is 20.6. The second-order valence-corrected chi connectivity index (χ2v) is 8.97. The van der Waals surface area contributed by atoms with Crippen molar-refractivity contribution in [2.45, 2.75) is 26.3 Å². The van der Waals surface area contributed by atoms with Crippen molar-refractivity contribution in [2.24, 2.45) is 4.99 Å². The van der Waals surface area contributed by atoms with Crippen LogP contribution in [0.3, 0.4) is 0 Å². The summed E-state index contributed by atoms with van der Waals surface area (Å²) in [4.78, 5) is 31.7. The highest BCUT2D eigenvalue weighted by Crippen LogP contribution is 2.31. The van der Waals surface area contributed by atoms with Gasteiger partial charge in [-0.3, -0.25) is 9.36 Å². The van der Waals surface area contributed by atoms with E-state index >= 15 is 0 Å². The highest BCUT2D eigenvalue weighted by atomic mass is 32.1. The van der Waals surface area contributed by atoms with Gasteiger partial charge in [0.1, 0.15) is 11.5 Å². The van der Waals surface area contributed by atoms with Crippen molar-refractivity contribution < 1.29 is 19.4 Å². The van der Waals surface area contributed by atoms with Crippen LogP contribution < -0.4 is 19.6 Å². The third-order valence-electron chi connectivity index (χ3n) is 5.71. The summed E-state index contributed by atoms with van der Waals surface area (Å²) in [7, 11) is 1.58. The Balaban J connectivity index is 1.91. The van der Waals surface area contributed by atoms with E-state index in [9.17, 15) is 14.7 Å². The quantitative estimate of drug-likeness (QED) is 0.406. The zero-order valence-electron chi connectivity index (χ0n) is 19.8. The largest absolute Gasteiger partial charge is 0.508 e. The van der Waals surface area contributed by atoms with E-state index in [1.54, 1.807) is 61.9 Å². The number of hydrogen-bond donors (Lipinski definition) is 1. The maximum atomic E-state index is 13.7. The molecule has 4 rings (SSSR count). The molecule has 1 atom stereocenters. The molecular formula is C27H26N2O5S. The molecule has 0 amide bonds. The molecule has 0 spiro atoms. The number of nitrogens with zero attached hydrogens (tertiary/aromatic N) is 2. The van der Waals surface area contributed by atoms with Crippen LogP contribution in [0.4, 0.5) is 0 Å². The van der Waals surface area contributed by atoms with Gasteiger partial charge < -0.3 is 14.6 Å². The van der Waals surface area contributed by atoms with Gasteiger partial charge in [0.15, 0.2) is 4.80 Å². The molecule has 35 heavy (non-hydrogen) atoms. The molecule has 0 saturated heterocycles. The summed E-state index contributed by atoms with van der Waals surface area (Å²) in [6.07, 6.45) is 3.99. The zero-order chi connectivity index (χ0) is 25.1. The van der Waals surface area contributed by atoms with Crippen LogP contribution in [0.15, 0.2) is 76.2 Å². The molecule has 0 aliphatic carbocycles. The summed E-state index contributed by atoms with van der Waals surface area (Å²) in [6, 6.07) is 11.7. The molecule has 2 aromatic carbocycles. The van der Waals surface area contributed by atoms with Gasteiger partial charge in [0, 0.05) is 0 Å². The number of phenols is 1. The van der Waals surface area contributed by atoms with E-state index in [4.69, 9.17) is 9.47 Å². The van der Waals surface area contributed by atoms with Gasteiger partial charge in [-0.2, -0.15) is 0 Å². The second kappa shape index (κ2) is 10.1. The monoisotopic (exact) mass is 490 g/mol. The lowest BCUT2D eigenvalue weighted by Crippen LogP contribution is -2.39. The molecule has 0 unspecified atom stereocenters. The molecule has 1 aromatic heterocycles. The second-order valence-electron chi connectivity index (χ2n) is 7.96. The number of phenolic OH excluding ortho intramolecular Hbond substituents is 1. The fourth-order valence-corrected chi connectivity index (χ4v) is 5.11. The van der Waals surface area contributed by atoms with E-state index in [1.165, 1.54) is 11.3 Å². The number of hydrogen-bond acceptors (Lipinski definition) is 7. The Kier molecular flexibility index (Phi) is 7.02. The van der Waals surface area contributed by atoms with Gasteiger partial charge in [0.05, 0.1) is 35.6 Å². The number of carbonyl (C=O) groups is 1. The summed E-state index contributed by atoms with van der Waals surface area (Å²) in [6.45, 7) is 7.43. The summed E-state index contributed by atoms with van der Waals surface area (Å²) >= 11 is 1.25. The fourth-order valence-electron chi connectivity index (χ4n) is 4.06. The number of methoxy groups -OCH3 is 1. The number of carbonyl (C=O) groups excluding carboxylic acids is 1. The van der Waals surface area contributed by atoms with Crippen LogP contribution in [0.1, 0.15) is 36.6 Å². The number of ether oxygens (including phenoxy) is 2. The minimum Gasteiger partial charge on any atom is -0.508 e. The van der Waals surface area contributed by atoms with Gasteiger partial charge in [0.25, 0.3) is 5.56 Å². The Hall–Kier alpha value is -3.91. The predicted molar refractivity (Wildman–Crippen MR) is 135 cm³/mol. The standard InChI is InChI=1S/C27H26N2O5S/c1-5-7-19-14-17(8-13-21(19)30)15-22-25(31)29-24(18-9-11-20(33-4)12-10-18)23(26(32)34-6-2)16(3)28-27(29)35-22/h5,8-15,24,30H,1,6-7H2,2-4H3/b22-15+/t24-/m0/s1. The number of fused-ring (bicyclic) bond motifs is 1. The number of benzene rings is 2. The summed E-state index contributed by atoms with van der Waals surface area (Å²) in [5, 5.41) is 10.1. The van der Waals surface area contributed by atoms with Crippen LogP contribution in [0.25, 0.3) is 6.08 Å². The molecule has 7 nitrogen and oxygen atoms in total. The highest BCUT2D eigenvalue weighted by Gasteiger charge is 2.33. The number of allylic oxidation sites excluding steroid dienone is 2. The van der Waals surface area contributed by atoms with Crippen molar-refractivity contribution in [1.82, 2.24) is 4.57 Å². The van der Waals surface area contributed by atoms with Crippen LogP contribution in [0, 0.1) is 0 Å².